The fraction of sp³-hybridized carbons (Fsp3) is 0.143. The van der Waals surface area contributed by atoms with Crippen molar-refractivity contribution >= 4 is 5.69 Å². The number of nitro groups is 1. The van der Waals surface area contributed by atoms with Gasteiger partial charge < -0.3 is 5.73 Å². The van der Waals surface area contributed by atoms with E-state index in [-0.39, 0.29) is 10.6 Å². The first-order chi connectivity index (χ1) is 8.61. The Labute approximate surface area is 105 Å². The highest BCUT2D eigenvalue weighted by molar-refractivity contribution is 5.69. The van der Waals surface area contributed by atoms with Gasteiger partial charge in [0.25, 0.3) is 5.69 Å². The van der Waals surface area contributed by atoms with E-state index in [1.165, 1.54) is 6.07 Å². The predicted molar refractivity (Wildman–Crippen MR) is 71.2 cm³/mol. The molecule has 18 heavy (non-hydrogen) atoms. The van der Waals surface area contributed by atoms with Gasteiger partial charge in [-0.1, -0.05) is 30.3 Å². The minimum absolute atomic E-state index is 0.106. The quantitative estimate of drug-likeness (QED) is 0.664. The van der Waals surface area contributed by atoms with Crippen molar-refractivity contribution < 1.29 is 4.92 Å². The molecule has 2 aromatic rings. The Morgan fingerprint density at radius 2 is 2.00 bits per heavy atom. The Hall–Kier alpha value is -2.20. The third kappa shape index (κ3) is 2.38. The Morgan fingerprint density at radius 3 is 2.61 bits per heavy atom. The highest BCUT2D eigenvalue weighted by atomic mass is 16.6. The van der Waals surface area contributed by atoms with Gasteiger partial charge in [-0.05, 0) is 29.2 Å². The zero-order valence-corrected chi connectivity index (χ0v) is 10.1. The highest BCUT2D eigenvalue weighted by Crippen LogP contribution is 2.27. The normalized spacial score (nSPS) is 10.3. The van der Waals surface area contributed by atoms with Crippen LogP contribution in [0.1, 0.15) is 11.1 Å². The maximum Gasteiger partial charge on any atom is 0.270 e. The Bertz CT molecular complexity index is 594. The number of nitrogens with two attached hydrogens (primary N) is 1. The van der Waals surface area contributed by atoms with Crippen molar-refractivity contribution in [3.05, 3.63) is 63.7 Å². The molecule has 0 aliphatic carbocycles. The molecule has 0 aliphatic heterocycles. The van der Waals surface area contributed by atoms with Gasteiger partial charge in [0.15, 0.2) is 0 Å². The van der Waals surface area contributed by atoms with E-state index in [2.05, 4.69) is 0 Å². The van der Waals surface area contributed by atoms with Crippen LogP contribution in [0.15, 0.2) is 42.5 Å². The molecule has 4 nitrogen and oxygen atoms in total. The molecule has 2 N–H and O–H groups in total. The van der Waals surface area contributed by atoms with Crippen LogP contribution in [0.5, 0.6) is 0 Å². The van der Waals surface area contributed by atoms with Gasteiger partial charge in [-0.3, -0.25) is 10.1 Å². The second-order valence-electron chi connectivity index (χ2n) is 4.16. The van der Waals surface area contributed by atoms with Crippen LogP contribution in [0, 0.1) is 17.0 Å². The smallest absolute Gasteiger partial charge is 0.270 e. The lowest BCUT2D eigenvalue weighted by Gasteiger charge is -2.07. The summed E-state index contributed by atoms with van der Waals surface area (Å²) < 4.78 is 0. The molecule has 2 rings (SSSR count). The topological polar surface area (TPSA) is 69.2 Å². The SMILES string of the molecule is Cc1cc(CN)ccc1-c1cccc([N+](=O)[O-])c1. The van der Waals surface area contributed by atoms with Crippen molar-refractivity contribution in [3.8, 4) is 11.1 Å². The Balaban J connectivity index is 2.48. The summed E-state index contributed by atoms with van der Waals surface area (Å²) in [5.74, 6) is 0. The second kappa shape index (κ2) is 4.98. The van der Waals surface area contributed by atoms with Gasteiger partial charge in [0.05, 0.1) is 4.92 Å². The first kappa shape index (κ1) is 12.3. The molecule has 0 fully saturated rings. The van der Waals surface area contributed by atoms with E-state index in [0.717, 1.165) is 22.3 Å². The van der Waals surface area contributed by atoms with Crippen molar-refractivity contribution in [3.63, 3.8) is 0 Å². The lowest BCUT2D eigenvalue weighted by molar-refractivity contribution is -0.384. The van der Waals surface area contributed by atoms with Crippen LogP contribution in [0.4, 0.5) is 5.69 Å². The molecule has 0 saturated carbocycles. The van der Waals surface area contributed by atoms with E-state index < -0.39 is 0 Å². The van der Waals surface area contributed by atoms with Crippen molar-refractivity contribution in [1.29, 1.82) is 0 Å². The van der Waals surface area contributed by atoms with Crippen molar-refractivity contribution in [2.75, 3.05) is 0 Å². The number of aryl methyl sites for hydroxylation is 1. The Morgan fingerprint density at radius 1 is 1.22 bits per heavy atom. The third-order valence-electron chi connectivity index (χ3n) is 2.89. The summed E-state index contributed by atoms with van der Waals surface area (Å²) in [6.07, 6.45) is 0. The van der Waals surface area contributed by atoms with Crippen LogP contribution in [0.3, 0.4) is 0 Å². The van der Waals surface area contributed by atoms with E-state index >= 15 is 0 Å². The van der Waals surface area contributed by atoms with Gasteiger partial charge in [-0.2, -0.15) is 0 Å². The van der Waals surface area contributed by atoms with Crippen LogP contribution < -0.4 is 5.73 Å². The van der Waals surface area contributed by atoms with E-state index in [1.807, 2.05) is 31.2 Å². The number of benzene rings is 2. The molecule has 0 spiro atoms. The van der Waals surface area contributed by atoms with Gasteiger partial charge in [0.1, 0.15) is 0 Å². The van der Waals surface area contributed by atoms with Crippen molar-refractivity contribution in [1.82, 2.24) is 0 Å². The molecule has 0 heterocycles. The molecule has 2 aromatic carbocycles. The largest absolute Gasteiger partial charge is 0.326 e. The van der Waals surface area contributed by atoms with Crippen LogP contribution in [0.2, 0.25) is 0 Å². The summed E-state index contributed by atoms with van der Waals surface area (Å²) in [5.41, 5.74) is 9.66. The second-order valence-corrected chi connectivity index (χ2v) is 4.16. The van der Waals surface area contributed by atoms with E-state index in [4.69, 9.17) is 5.73 Å². The van der Waals surface area contributed by atoms with E-state index in [9.17, 15) is 10.1 Å². The summed E-state index contributed by atoms with van der Waals surface area (Å²) >= 11 is 0. The first-order valence-corrected chi connectivity index (χ1v) is 5.66. The zero-order valence-electron chi connectivity index (χ0n) is 10.1. The molecule has 0 aliphatic rings. The standard InChI is InChI=1S/C14H14N2O2/c1-10-7-11(9-15)5-6-14(10)12-3-2-4-13(8-12)16(17)18/h2-8H,9,15H2,1H3. The molecule has 0 saturated heterocycles. The van der Waals surface area contributed by atoms with E-state index in [0.29, 0.717) is 6.54 Å². The molecule has 0 unspecified atom stereocenters. The fourth-order valence-electron chi connectivity index (χ4n) is 1.96. The van der Waals surface area contributed by atoms with Gasteiger partial charge >= 0.3 is 0 Å². The minimum atomic E-state index is -0.382. The molecule has 4 heteroatoms. The minimum Gasteiger partial charge on any atom is -0.326 e. The average Bonchev–Trinajstić information content (AvgIpc) is 2.38. The average molecular weight is 242 g/mol. The maximum absolute atomic E-state index is 10.8. The summed E-state index contributed by atoms with van der Waals surface area (Å²) in [5, 5.41) is 10.8. The highest BCUT2D eigenvalue weighted by Gasteiger charge is 2.08. The van der Waals surface area contributed by atoms with Gasteiger partial charge in [0, 0.05) is 18.7 Å². The van der Waals surface area contributed by atoms with Gasteiger partial charge in [0.2, 0.25) is 0 Å². The summed E-state index contributed by atoms with van der Waals surface area (Å²) in [6, 6.07) is 12.6. The van der Waals surface area contributed by atoms with Crippen molar-refractivity contribution in [2.45, 2.75) is 13.5 Å². The third-order valence-corrected chi connectivity index (χ3v) is 2.89. The number of nitro benzene ring substituents is 1. The monoisotopic (exact) mass is 242 g/mol. The molecule has 0 atom stereocenters. The number of non-ortho nitro benzene ring substituents is 1. The summed E-state index contributed by atoms with van der Waals surface area (Å²) in [4.78, 5) is 10.4. The lowest BCUT2D eigenvalue weighted by atomic mass is 9.98. The molecular weight excluding hydrogens is 228 g/mol. The zero-order chi connectivity index (χ0) is 13.1. The molecule has 0 radical (unpaired) electrons. The number of hydrogen-bond donors (Lipinski definition) is 1. The molecule has 0 bridgehead atoms. The van der Waals surface area contributed by atoms with Crippen molar-refractivity contribution in [2.24, 2.45) is 5.73 Å². The summed E-state index contributed by atoms with van der Waals surface area (Å²) in [7, 11) is 0. The number of rotatable bonds is 3. The molecular formula is C14H14N2O2. The van der Waals surface area contributed by atoms with Crippen LogP contribution in [-0.4, -0.2) is 4.92 Å². The fourth-order valence-corrected chi connectivity index (χ4v) is 1.96. The molecule has 0 amide bonds. The van der Waals surface area contributed by atoms with Gasteiger partial charge in [-0.15, -0.1) is 0 Å². The summed E-state index contributed by atoms with van der Waals surface area (Å²) in [6.45, 7) is 2.48. The van der Waals surface area contributed by atoms with E-state index in [1.54, 1.807) is 12.1 Å². The maximum atomic E-state index is 10.8. The van der Waals surface area contributed by atoms with Crippen LogP contribution in [0.25, 0.3) is 11.1 Å². The first-order valence-electron chi connectivity index (χ1n) is 5.66. The predicted octanol–water partition coefficient (Wildman–Crippen LogP) is 3.03. The number of hydrogen-bond acceptors (Lipinski definition) is 3. The van der Waals surface area contributed by atoms with Crippen LogP contribution in [-0.2, 0) is 6.54 Å². The number of nitrogens with zero attached hydrogens (tertiary/aromatic N) is 1. The van der Waals surface area contributed by atoms with Crippen LogP contribution >= 0.6 is 0 Å². The Kier molecular flexibility index (Phi) is 3.39. The lowest BCUT2D eigenvalue weighted by Crippen LogP contribution is -1.97. The molecule has 0 aromatic heterocycles. The molecule has 92 valence electrons. The van der Waals surface area contributed by atoms with Gasteiger partial charge in [-0.25, -0.2) is 0 Å².